The largest absolute Gasteiger partial charge is 0.368 e. The molecule has 2 N–H and O–H groups in total. The Hall–Kier alpha value is -2.77. The lowest BCUT2D eigenvalue weighted by Gasteiger charge is -2.30. The number of thiophene rings is 1. The molecule has 0 aliphatic carbocycles. The second-order valence-corrected chi connectivity index (χ2v) is 9.47. The zero-order valence-electron chi connectivity index (χ0n) is 17.1. The standard InChI is InChI=1S/C24H25N3O2S2/c28-23(25-19-9-4-5-10-21(19)27-12-15-30-16-13-27)20(17-18-7-2-1-3-8-18)26-24(29)22-11-6-14-31-22/h1-11,14,20H,12-13,15-17H2,(H,25,28)(H,26,29)/t20-/m1/s1. The highest BCUT2D eigenvalue weighted by Crippen LogP contribution is 2.28. The van der Waals surface area contributed by atoms with E-state index in [4.69, 9.17) is 0 Å². The summed E-state index contributed by atoms with van der Waals surface area (Å²) >= 11 is 3.31. The van der Waals surface area contributed by atoms with Crippen molar-refractivity contribution in [3.05, 3.63) is 82.6 Å². The smallest absolute Gasteiger partial charge is 0.262 e. The van der Waals surface area contributed by atoms with Gasteiger partial charge in [-0.1, -0.05) is 48.5 Å². The minimum Gasteiger partial charge on any atom is -0.368 e. The van der Waals surface area contributed by atoms with E-state index in [0.717, 1.165) is 41.5 Å². The van der Waals surface area contributed by atoms with E-state index < -0.39 is 6.04 Å². The van der Waals surface area contributed by atoms with Gasteiger partial charge in [-0.3, -0.25) is 9.59 Å². The van der Waals surface area contributed by atoms with Crippen LogP contribution in [0, 0.1) is 0 Å². The van der Waals surface area contributed by atoms with Crippen LogP contribution in [0.4, 0.5) is 11.4 Å². The fourth-order valence-corrected chi connectivity index (χ4v) is 5.11. The van der Waals surface area contributed by atoms with E-state index in [1.165, 1.54) is 11.3 Å². The van der Waals surface area contributed by atoms with Gasteiger partial charge in [0.15, 0.2) is 0 Å². The minimum absolute atomic E-state index is 0.215. The molecule has 0 spiro atoms. The van der Waals surface area contributed by atoms with Gasteiger partial charge >= 0.3 is 0 Å². The maximum absolute atomic E-state index is 13.3. The van der Waals surface area contributed by atoms with E-state index in [2.05, 4.69) is 15.5 Å². The first-order chi connectivity index (χ1) is 15.2. The summed E-state index contributed by atoms with van der Waals surface area (Å²) in [6.45, 7) is 1.92. The Balaban J connectivity index is 1.53. The average molecular weight is 452 g/mol. The van der Waals surface area contributed by atoms with Crippen LogP contribution >= 0.6 is 23.1 Å². The second-order valence-electron chi connectivity index (χ2n) is 7.30. The Labute approximate surface area is 190 Å². The van der Waals surface area contributed by atoms with Crippen molar-refractivity contribution in [1.29, 1.82) is 0 Å². The van der Waals surface area contributed by atoms with Gasteiger partial charge in [-0.15, -0.1) is 11.3 Å². The summed E-state index contributed by atoms with van der Waals surface area (Å²) in [7, 11) is 0. The van der Waals surface area contributed by atoms with Crippen LogP contribution < -0.4 is 15.5 Å². The summed E-state index contributed by atoms with van der Waals surface area (Å²) < 4.78 is 0. The van der Waals surface area contributed by atoms with Gasteiger partial charge in [0.1, 0.15) is 6.04 Å². The number of nitrogens with zero attached hydrogens (tertiary/aromatic N) is 1. The molecular weight excluding hydrogens is 426 g/mol. The highest BCUT2D eigenvalue weighted by Gasteiger charge is 2.24. The lowest BCUT2D eigenvalue weighted by atomic mass is 10.0. The zero-order valence-corrected chi connectivity index (χ0v) is 18.8. The number of para-hydroxylation sites is 2. The number of hydrogen-bond donors (Lipinski definition) is 2. The molecule has 4 rings (SSSR count). The fraction of sp³-hybridized carbons (Fsp3) is 0.250. The molecule has 1 atom stereocenters. The molecule has 160 valence electrons. The van der Waals surface area contributed by atoms with Gasteiger partial charge < -0.3 is 15.5 Å². The summed E-state index contributed by atoms with van der Waals surface area (Å²) in [5, 5.41) is 7.87. The molecule has 1 aromatic heterocycles. The van der Waals surface area contributed by atoms with E-state index in [1.54, 1.807) is 6.07 Å². The third kappa shape index (κ3) is 5.68. The number of hydrogen-bond acceptors (Lipinski definition) is 5. The molecule has 0 saturated carbocycles. The number of anilines is 2. The second kappa shape index (κ2) is 10.5. The number of benzene rings is 2. The van der Waals surface area contributed by atoms with Gasteiger partial charge in [0.2, 0.25) is 5.91 Å². The number of rotatable bonds is 7. The number of nitrogens with one attached hydrogen (secondary N) is 2. The molecule has 1 saturated heterocycles. The van der Waals surface area contributed by atoms with Crippen molar-refractivity contribution in [2.45, 2.75) is 12.5 Å². The third-order valence-electron chi connectivity index (χ3n) is 5.16. The Morgan fingerprint density at radius 2 is 1.68 bits per heavy atom. The van der Waals surface area contributed by atoms with E-state index in [1.807, 2.05) is 77.8 Å². The van der Waals surface area contributed by atoms with E-state index in [-0.39, 0.29) is 11.8 Å². The van der Waals surface area contributed by atoms with Crippen molar-refractivity contribution in [3.8, 4) is 0 Å². The summed E-state index contributed by atoms with van der Waals surface area (Å²) in [4.78, 5) is 28.9. The molecule has 5 nitrogen and oxygen atoms in total. The SMILES string of the molecule is O=C(N[C@H](Cc1ccccc1)C(=O)Nc1ccccc1N1CCSCC1)c1cccs1. The molecule has 1 aliphatic heterocycles. The Bertz CT molecular complexity index is 1000. The summed E-state index contributed by atoms with van der Waals surface area (Å²) in [6, 6.07) is 20.6. The summed E-state index contributed by atoms with van der Waals surface area (Å²) in [6.07, 6.45) is 0.423. The quantitative estimate of drug-likeness (QED) is 0.563. The highest BCUT2D eigenvalue weighted by atomic mass is 32.2. The monoisotopic (exact) mass is 451 g/mol. The van der Waals surface area contributed by atoms with Crippen molar-refractivity contribution in [1.82, 2.24) is 5.32 Å². The number of carbonyl (C=O) groups excluding carboxylic acids is 2. The molecule has 31 heavy (non-hydrogen) atoms. The van der Waals surface area contributed by atoms with Crippen LogP contribution in [0.15, 0.2) is 72.1 Å². The van der Waals surface area contributed by atoms with Gasteiger partial charge in [0.05, 0.1) is 16.3 Å². The van der Waals surface area contributed by atoms with Crippen molar-refractivity contribution in [2.24, 2.45) is 0 Å². The lowest BCUT2D eigenvalue weighted by molar-refractivity contribution is -0.118. The van der Waals surface area contributed by atoms with E-state index in [0.29, 0.717) is 11.3 Å². The van der Waals surface area contributed by atoms with Gasteiger partial charge in [0, 0.05) is 31.0 Å². The molecular formula is C24H25N3O2S2. The Morgan fingerprint density at radius 3 is 2.42 bits per heavy atom. The van der Waals surface area contributed by atoms with Crippen molar-refractivity contribution in [2.75, 3.05) is 34.8 Å². The minimum atomic E-state index is -0.679. The molecule has 7 heteroatoms. The average Bonchev–Trinajstić information content (AvgIpc) is 3.35. The molecule has 0 unspecified atom stereocenters. The van der Waals surface area contributed by atoms with Crippen molar-refractivity contribution < 1.29 is 9.59 Å². The van der Waals surface area contributed by atoms with Crippen LogP contribution in [0.25, 0.3) is 0 Å². The lowest BCUT2D eigenvalue weighted by Crippen LogP contribution is -2.45. The van der Waals surface area contributed by atoms with E-state index >= 15 is 0 Å². The maximum atomic E-state index is 13.3. The predicted octanol–water partition coefficient (Wildman–Crippen LogP) is 4.28. The molecule has 0 radical (unpaired) electrons. The third-order valence-corrected chi connectivity index (χ3v) is 6.97. The predicted molar refractivity (Wildman–Crippen MR) is 130 cm³/mol. The van der Waals surface area contributed by atoms with Crippen LogP contribution in [-0.4, -0.2) is 42.5 Å². The molecule has 1 fully saturated rings. The molecule has 2 aromatic carbocycles. The molecule has 1 aliphatic rings. The van der Waals surface area contributed by atoms with Crippen LogP contribution in [-0.2, 0) is 11.2 Å². The Kier molecular flexibility index (Phi) is 7.27. The van der Waals surface area contributed by atoms with Crippen molar-refractivity contribution in [3.63, 3.8) is 0 Å². The summed E-state index contributed by atoms with van der Waals surface area (Å²) in [5.41, 5.74) is 2.80. The van der Waals surface area contributed by atoms with Crippen LogP contribution in [0.1, 0.15) is 15.2 Å². The molecule has 0 bridgehead atoms. The fourth-order valence-electron chi connectivity index (χ4n) is 3.58. The molecule has 2 heterocycles. The van der Waals surface area contributed by atoms with Crippen LogP contribution in [0.5, 0.6) is 0 Å². The van der Waals surface area contributed by atoms with Gasteiger partial charge in [0.25, 0.3) is 5.91 Å². The number of thioether (sulfide) groups is 1. The summed E-state index contributed by atoms with van der Waals surface area (Å²) in [5.74, 6) is 1.71. The first-order valence-corrected chi connectivity index (χ1v) is 12.3. The maximum Gasteiger partial charge on any atom is 0.262 e. The van der Waals surface area contributed by atoms with E-state index in [9.17, 15) is 9.59 Å². The van der Waals surface area contributed by atoms with Crippen molar-refractivity contribution >= 4 is 46.3 Å². The van der Waals surface area contributed by atoms with Crippen LogP contribution in [0.2, 0.25) is 0 Å². The first kappa shape index (κ1) is 21.5. The number of amides is 2. The van der Waals surface area contributed by atoms with Gasteiger partial charge in [-0.25, -0.2) is 0 Å². The topological polar surface area (TPSA) is 61.4 Å². The Morgan fingerprint density at radius 1 is 0.935 bits per heavy atom. The normalized spacial score (nSPS) is 14.6. The number of carbonyl (C=O) groups is 2. The highest BCUT2D eigenvalue weighted by molar-refractivity contribution is 7.99. The molecule has 2 amide bonds. The molecule has 3 aromatic rings. The van der Waals surface area contributed by atoms with Gasteiger partial charge in [-0.05, 0) is 29.1 Å². The van der Waals surface area contributed by atoms with Crippen LogP contribution in [0.3, 0.4) is 0 Å². The van der Waals surface area contributed by atoms with Gasteiger partial charge in [-0.2, -0.15) is 11.8 Å². The first-order valence-electron chi connectivity index (χ1n) is 10.3. The zero-order chi connectivity index (χ0) is 21.5.